The van der Waals surface area contributed by atoms with Gasteiger partial charge in [0.2, 0.25) is 0 Å². The van der Waals surface area contributed by atoms with Crippen molar-refractivity contribution in [1.82, 2.24) is 0 Å². The molecule has 1 aliphatic rings. The van der Waals surface area contributed by atoms with Gasteiger partial charge in [0.1, 0.15) is 5.75 Å². The molecule has 0 amide bonds. The van der Waals surface area contributed by atoms with E-state index in [1.165, 1.54) is 0 Å². The smallest absolute Gasteiger partial charge is 0.135 e. The number of anilines is 1. The maximum absolute atomic E-state index is 9.13. The number of nitrogens with two attached hydrogens (primary N) is 1. The van der Waals surface area contributed by atoms with Gasteiger partial charge in [-0.1, -0.05) is 0 Å². The third-order valence-corrected chi connectivity index (χ3v) is 4.48. The lowest BCUT2D eigenvalue weighted by Gasteiger charge is -2.24. The van der Waals surface area contributed by atoms with Crippen molar-refractivity contribution < 1.29 is 9.84 Å². The number of nitrogens with zero attached hydrogens (tertiary/aromatic N) is 1. The van der Waals surface area contributed by atoms with Crippen LogP contribution in [0.5, 0.6) is 5.75 Å². The molecule has 1 saturated carbocycles. The lowest BCUT2D eigenvalue weighted by Crippen LogP contribution is -2.19. The van der Waals surface area contributed by atoms with E-state index in [4.69, 9.17) is 15.6 Å². The first kappa shape index (κ1) is 15.3. The molecule has 0 unspecified atom stereocenters. The monoisotopic (exact) mass is 340 g/mol. The van der Waals surface area contributed by atoms with Gasteiger partial charge >= 0.3 is 0 Å². The summed E-state index contributed by atoms with van der Waals surface area (Å²) < 4.78 is 6.08. The molecule has 0 radical (unpaired) electrons. The third-order valence-electron chi connectivity index (χ3n) is 3.86. The molecule has 1 aliphatic carbocycles. The number of aliphatic imine (C=N–C) groups is 1. The lowest BCUT2D eigenvalue weighted by molar-refractivity contribution is 0.183. The Bertz CT molecular complexity index is 483. The molecule has 0 bridgehead atoms. The molecule has 1 aromatic rings. The second kappa shape index (κ2) is 7.09. The normalized spacial score (nSPS) is 23.1. The number of rotatable bonds is 4. The maximum Gasteiger partial charge on any atom is 0.135 e. The Morgan fingerprint density at radius 3 is 2.70 bits per heavy atom. The Hall–Kier alpha value is -1.07. The van der Waals surface area contributed by atoms with Gasteiger partial charge in [0.05, 0.1) is 11.6 Å². The Kier molecular flexibility index (Phi) is 5.43. The summed E-state index contributed by atoms with van der Waals surface area (Å²) >= 11 is 3.45. The number of halogens is 1. The molecule has 1 fully saturated rings. The Labute approximate surface area is 128 Å². The molecule has 0 saturated heterocycles. The summed E-state index contributed by atoms with van der Waals surface area (Å²) in [5.74, 6) is 1.18. The Morgan fingerprint density at radius 1 is 1.40 bits per heavy atom. The number of aliphatic hydroxyl groups is 1. The van der Waals surface area contributed by atoms with Crippen LogP contribution >= 0.6 is 15.9 Å². The van der Waals surface area contributed by atoms with Gasteiger partial charge in [-0.05, 0) is 53.6 Å². The van der Waals surface area contributed by atoms with Gasteiger partial charge in [0.25, 0.3) is 0 Å². The van der Waals surface area contributed by atoms with E-state index in [2.05, 4.69) is 20.9 Å². The van der Waals surface area contributed by atoms with Crippen molar-refractivity contribution in [1.29, 1.82) is 0 Å². The zero-order valence-electron chi connectivity index (χ0n) is 11.7. The molecule has 110 valence electrons. The summed E-state index contributed by atoms with van der Waals surface area (Å²) in [7, 11) is 1.62. The van der Waals surface area contributed by atoms with Crippen LogP contribution in [0.25, 0.3) is 0 Å². The van der Waals surface area contributed by atoms with Crippen molar-refractivity contribution in [2.45, 2.75) is 31.7 Å². The summed E-state index contributed by atoms with van der Waals surface area (Å²) in [6.07, 6.45) is 6.04. The van der Waals surface area contributed by atoms with Crippen LogP contribution in [-0.2, 0) is 0 Å². The highest BCUT2D eigenvalue weighted by molar-refractivity contribution is 9.10. The predicted molar refractivity (Wildman–Crippen MR) is 85.5 cm³/mol. The van der Waals surface area contributed by atoms with Gasteiger partial charge in [-0.25, -0.2) is 0 Å². The largest absolute Gasteiger partial charge is 0.495 e. The molecular weight excluding hydrogens is 320 g/mol. The summed E-state index contributed by atoms with van der Waals surface area (Å²) in [5.41, 5.74) is 7.57. The van der Waals surface area contributed by atoms with E-state index in [0.717, 1.165) is 41.5 Å². The lowest BCUT2D eigenvalue weighted by atomic mass is 9.87. The van der Waals surface area contributed by atoms with Crippen LogP contribution in [0.2, 0.25) is 0 Å². The minimum atomic E-state index is 0.300. The standard InChI is InChI=1S/C15H21BrN2O2/c1-20-15-7-14(17)11(6-13(15)16)8-18-12-4-2-10(9-19)3-5-12/h6-8,10,12,19H,2-5,9,17H2,1H3. The number of aliphatic hydroxyl groups excluding tert-OH is 1. The highest BCUT2D eigenvalue weighted by Gasteiger charge is 2.19. The molecule has 4 nitrogen and oxygen atoms in total. The van der Waals surface area contributed by atoms with E-state index < -0.39 is 0 Å². The quantitative estimate of drug-likeness (QED) is 0.653. The number of methoxy groups -OCH3 is 1. The molecule has 20 heavy (non-hydrogen) atoms. The number of ether oxygens (including phenoxy) is 1. The SMILES string of the molecule is COc1cc(N)c(C=NC2CCC(CO)CC2)cc1Br. The third kappa shape index (κ3) is 3.73. The summed E-state index contributed by atoms with van der Waals surface area (Å²) in [6, 6.07) is 4.07. The predicted octanol–water partition coefficient (Wildman–Crippen LogP) is 3.01. The summed E-state index contributed by atoms with van der Waals surface area (Å²) in [4.78, 5) is 4.63. The maximum atomic E-state index is 9.13. The van der Waals surface area contributed by atoms with Gasteiger partial charge in [-0.15, -0.1) is 0 Å². The van der Waals surface area contributed by atoms with Gasteiger partial charge in [0, 0.05) is 36.2 Å². The zero-order valence-corrected chi connectivity index (χ0v) is 13.3. The van der Waals surface area contributed by atoms with Crippen LogP contribution in [-0.4, -0.2) is 31.1 Å². The van der Waals surface area contributed by atoms with Crippen LogP contribution in [0.4, 0.5) is 5.69 Å². The topological polar surface area (TPSA) is 67.8 Å². The Balaban J connectivity index is 2.03. The molecule has 3 N–H and O–H groups in total. The number of hydrogen-bond donors (Lipinski definition) is 2. The van der Waals surface area contributed by atoms with Crippen LogP contribution in [0.1, 0.15) is 31.2 Å². The highest BCUT2D eigenvalue weighted by atomic mass is 79.9. The molecule has 0 heterocycles. The van der Waals surface area contributed by atoms with Crippen LogP contribution in [0.15, 0.2) is 21.6 Å². The van der Waals surface area contributed by atoms with Crippen molar-refractivity contribution in [3.05, 3.63) is 22.2 Å². The van der Waals surface area contributed by atoms with Crippen molar-refractivity contribution in [2.24, 2.45) is 10.9 Å². The number of nitrogen functional groups attached to an aromatic ring is 1. The van der Waals surface area contributed by atoms with Gasteiger partial charge < -0.3 is 15.6 Å². The fraction of sp³-hybridized carbons (Fsp3) is 0.533. The van der Waals surface area contributed by atoms with Crippen molar-refractivity contribution in [3.63, 3.8) is 0 Å². The van der Waals surface area contributed by atoms with E-state index >= 15 is 0 Å². The molecule has 0 spiro atoms. The fourth-order valence-electron chi connectivity index (χ4n) is 2.51. The minimum absolute atomic E-state index is 0.300. The molecule has 5 heteroatoms. The zero-order chi connectivity index (χ0) is 14.5. The van der Waals surface area contributed by atoms with Crippen molar-refractivity contribution in [2.75, 3.05) is 19.5 Å². The first-order valence-electron chi connectivity index (χ1n) is 6.91. The first-order valence-corrected chi connectivity index (χ1v) is 7.70. The van der Waals surface area contributed by atoms with E-state index in [1.807, 2.05) is 12.3 Å². The molecule has 1 aromatic carbocycles. The highest BCUT2D eigenvalue weighted by Crippen LogP contribution is 2.30. The van der Waals surface area contributed by atoms with Crippen LogP contribution in [0.3, 0.4) is 0 Å². The average Bonchev–Trinajstić information content (AvgIpc) is 2.48. The van der Waals surface area contributed by atoms with Crippen molar-refractivity contribution >= 4 is 27.8 Å². The minimum Gasteiger partial charge on any atom is -0.495 e. The van der Waals surface area contributed by atoms with E-state index in [9.17, 15) is 0 Å². The summed E-state index contributed by atoms with van der Waals surface area (Å²) in [5, 5.41) is 9.13. The molecule has 2 rings (SSSR count). The fourth-order valence-corrected chi connectivity index (χ4v) is 3.04. The average molecular weight is 341 g/mol. The summed E-state index contributed by atoms with van der Waals surface area (Å²) in [6.45, 7) is 0.300. The molecule has 0 atom stereocenters. The van der Waals surface area contributed by atoms with E-state index in [-0.39, 0.29) is 0 Å². The molecule has 0 aliphatic heterocycles. The second-order valence-electron chi connectivity index (χ2n) is 5.25. The first-order chi connectivity index (χ1) is 9.63. The van der Waals surface area contributed by atoms with Gasteiger partial charge in [-0.3, -0.25) is 4.99 Å². The van der Waals surface area contributed by atoms with E-state index in [0.29, 0.717) is 24.3 Å². The van der Waals surface area contributed by atoms with Crippen LogP contribution in [0, 0.1) is 5.92 Å². The van der Waals surface area contributed by atoms with E-state index in [1.54, 1.807) is 13.2 Å². The number of hydrogen-bond acceptors (Lipinski definition) is 4. The van der Waals surface area contributed by atoms with Crippen LogP contribution < -0.4 is 10.5 Å². The number of benzene rings is 1. The van der Waals surface area contributed by atoms with Gasteiger partial charge in [-0.2, -0.15) is 0 Å². The molecular formula is C15H21BrN2O2. The Morgan fingerprint density at radius 2 is 2.10 bits per heavy atom. The molecule has 0 aromatic heterocycles. The second-order valence-corrected chi connectivity index (χ2v) is 6.11. The van der Waals surface area contributed by atoms with Crippen molar-refractivity contribution in [3.8, 4) is 5.75 Å². The van der Waals surface area contributed by atoms with Gasteiger partial charge in [0.15, 0.2) is 0 Å².